The molecule has 0 heterocycles. The Labute approximate surface area is 71.7 Å². The van der Waals surface area contributed by atoms with Crippen molar-refractivity contribution < 1.29 is 10.3 Å². The quantitative estimate of drug-likeness (QED) is 0.707. The summed E-state index contributed by atoms with van der Waals surface area (Å²) in [5.41, 5.74) is 0.861. The molecule has 1 rings (SSSR count). The van der Waals surface area contributed by atoms with Gasteiger partial charge >= 0.3 is 0 Å². The molecular formula is C9H13NO2. The number of benzene rings is 1. The van der Waals surface area contributed by atoms with Gasteiger partial charge in [0.05, 0.1) is 0 Å². The zero-order chi connectivity index (χ0) is 8.10. The highest BCUT2D eigenvalue weighted by Crippen LogP contribution is 2.04. The van der Waals surface area contributed by atoms with E-state index in [-0.39, 0.29) is 11.4 Å². The second-order valence-corrected chi connectivity index (χ2v) is 2.27. The van der Waals surface area contributed by atoms with Crippen LogP contribution in [0, 0.1) is 0 Å². The second kappa shape index (κ2) is 5.32. The van der Waals surface area contributed by atoms with Crippen molar-refractivity contribution in [3.8, 4) is 0 Å². The van der Waals surface area contributed by atoms with E-state index < -0.39 is 0 Å². The summed E-state index contributed by atoms with van der Waals surface area (Å²) in [5.74, 6) is 0.0520. The van der Waals surface area contributed by atoms with Crippen molar-refractivity contribution >= 4 is 11.6 Å². The van der Waals surface area contributed by atoms with Crippen molar-refractivity contribution in [2.75, 3.05) is 5.32 Å². The van der Waals surface area contributed by atoms with Gasteiger partial charge in [0.1, 0.15) is 0 Å². The molecule has 0 bridgehead atoms. The first-order valence-electron chi connectivity index (χ1n) is 3.68. The third-order valence-corrected chi connectivity index (χ3v) is 1.38. The molecule has 0 aliphatic heterocycles. The summed E-state index contributed by atoms with van der Waals surface area (Å²) in [6.07, 6.45) is 0.523. The summed E-state index contributed by atoms with van der Waals surface area (Å²) >= 11 is 0. The van der Waals surface area contributed by atoms with Crippen molar-refractivity contribution in [1.29, 1.82) is 0 Å². The van der Waals surface area contributed by atoms with Gasteiger partial charge in [-0.15, -0.1) is 0 Å². The number of anilines is 1. The Balaban J connectivity index is 0.00000121. The van der Waals surface area contributed by atoms with Gasteiger partial charge in [-0.25, -0.2) is 0 Å². The first-order valence-corrected chi connectivity index (χ1v) is 3.68. The van der Waals surface area contributed by atoms with Crippen LogP contribution in [0.1, 0.15) is 13.3 Å². The Kier molecular flexibility index (Phi) is 4.72. The van der Waals surface area contributed by atoms with Crippen LogP contribution < -0.4 is 5.32 Å². The molecule has 0 unspecified atom stereocenters. The number of hydrogen-bond donors (Lipinski definition) is 1. The van der Waals surface area contributed by atoms with Crippen LogP contribution in [0.4, 0.5) is 5.69 Å². The highest BCUT2D eigenvalue weighted by atomic mass is 16.1. The lowest BCUT2D eigenvalue weighted by Gasteiger charge is -2.00. The first kappa shape index (κ1) is 10.7. The number of carbonyl (C=O) groups is 1. The lowest BCUT2D eigenvalue weighted by atomic mass is 10.3. The number of carbonyl (C=O) groups excluding carboxylic acids is 1. The molecule has 3 nitrogen and oxygen atoms in total. The van der Waals surface area contributed by atoms with Crippen LogP contribution in [-0.4, -0.2) is 11.4 Å². The van der Waals surface area contributed by atoms with E-state index in [0.717, 1.165) is 5.69 Å². The van der Waals surface area contributed by atoms with Crippen LogP contribution in [0.5, 0.6) is 0 Å². The van der Waals surface area contributed by atoms with Crippen molar-refractivity contribution in [1.82, 2.24) is 0 Å². The smallest absolute Gasteiger partial charge is 0.224 e. The Morgan fingerprint density at radius 2 is 1.92 bits per heavy atom. The number of para-hydroxylation sites is 1. The molecule has 12 heavy (non-hydrogen) atoms. The van der Waals surface area contributed by atoms with Gasteiger partial charge in [-0.05, 0) is 12.1 Å². The molecule has 0 atom stereocenters. The fraction of sp³-hybridized carbons (Fsp3) is 0.222. The highest BCUT2D eigenvalue weighted by Gasteiger charge is 1.95. The van der Waals surface area contributed by atoms with Gasteiger partial charge in [-0.3, -0.25) is 4.79 Å². The minimum absolute atomic E-state index is 0. The standard InChI is InChI=1S/C9H11NO.H2O/c1-2-9(11)10-8-6-4-3-5-7-8;/h3-7H,2H2,1H3,(H,10,11);1H2. The molecule has 1 aromatic carbocycles. The molecule has 0 saturated heterocycles. The van der Waals surface area contributed by atoms with Crippen LogP contribution in [-0.2, 0) is 4.79 Å². The predicted molar refractivity (Wildman–Crippen MR) is 49.0 cm³/mol. The van der Waals surface area contributed by atoms with Gasteiger partial charge in [0, 0.05) is 12.1 Å². The van der Waals surface area contributed by atoms with Gasteiger partial charge in [0.2, 0.25) is 5.91 Å². The topological polar surface area (TPSA) is 60.6 Å². The zero-order valence-corrected chi connectivity index (χ0v) is 7.00. The molecule has 0 aromatic heterocycles. The number of rotatable bonds is 2. The van der Waals surface area contributed by atoms with Crippen LogP contribution in [0.15, 0.2) is 30.3 Å². The van der Waals surface area contributed by atoms with E-state index in [4.69, 9.17) is 0 Å². The predicted octanol–water partition coefficient (Wildman–Crippen LogP) is 1.21. The summed E-state index contributed by atoms with van der Waals surface area (Å²) in [5, 5.41) is 2.75. The highest BCUT2D eigenvalue weighted by molar-refractivity contribution is 5.90. The maximum atomic E-state index is 10.9. The van der Waals surface area contributed by atoms with Gasteiger partial charge in [-0.1, -0.05) is 25.1 Å². The van der Waals surface area contributed by atoms with E-state index in [9.17, 15) is 4.79 Å². The molecular weight excluding hydrogens is 154 g/mol. The molecule has 0 radical (unpaired) electrons. The number of amides is 1. The summed E-state index contributed by atoms with van der Waals surface area (Å²) in [6.45, 7) is 1.83. The third kappa shape index (κ3) is 3.16. The zero-order valence-electron chi connectivity index (χ0n) is 7.00. The third-order valence-electron chi connectivity index (χ3n) is 1.38. The lowest BCUT2D eigenvalue weighted by molar-refractivity contribution is -0.115. The molecule has 66 valence electrons. The SMILES string of the molecule is CCC(=O)Nc1ccccc1.O. The first-order chi connectivity index (χ1) is 5.33. The molecule has 0 aliphatic rings. The van der Waals surface area contributed by atoms with Crippen molar-refractivity contribution in [2.24, 2.45) is 0 Å². The summed E-state index contributed by atoms with van der Waals surface area (Å²) < 4.78 is 0. The summed E-state index contributed by atoms with van der Waals surface area (Å²) in [7, 11) is 0. The van der Waals surface area contributed by atoms with E-state index in [1.54, 1.807) is 0 Å². The summed E-state index contributed by atoms with van der Waals surface area (Å²) in [4.78, 5) is 10.9. The van der Waals surface area contributed by atoms with E-state index in [0.29, 0.717) is 6.42 Å². The van der Waals surface area contributed by atoms with Crippen LogP contribution in [0.2, 0.25) is 0 Å². The molecule has 1 amide bonds. The second-order valence-electron chi connectivity index (χ2n) is 2.27. The van der Waals surface area contributed by atoms with Gasteiger partial charge in [0.15, 0.2) is 0 Å². The van der Waals surface area contributed by atoms with E-state index in [1.165, 1.54) is 0 Å². The van der Waals surface area contributed by atoms with Gasteiger partial charge in [0.25, 0.3) is 0 Å². The average molecular weight is 167 g/mol. The monoisotopic (exact) mass is 167 g/mol. The maximum absolute atomic E-state index is 10.9. The normalized spacial score (nSPS) is 8.42. The Hall–Kier alpha value is -1.35. The Bertz CT molecular complexity index is 234. The minimum Gasteiger partial charge on any atom is -0.412 e. The Morgan fingerprint density at radius 1 is 1.33 bits per heavy atom. The molecule has 0 aliphatic carbocycles. The number of nitrogens with one attached hydrogen (secondary N) is 1. The largest absolute Gasteiger partial charge is 0.412 e. The molecule has 0 spiro atoms. The fourth-order valence-corrected chi connectivity index (χ4v) is 0.771. The van der Waals surface area contributed by atoms with Gasteiger partial charge < -0.3 is 10.8 Å². The van der Waals surface area contributed by atoms with Crippen LogP contribution in [0.25, 0.3) is 0 Å². The minimum atomic E-state index is 0. The lowest BCUT2D eigenvalue weighted by Crippen LogP contribution is -2.08. The summed E-state index contributed by atoms with van der Waals surface area (Å²) in [6, 6.07) is 9.44. The molecule has 3 heteroatoms. The Morgan fingerprint density at radius 3 is 2.42 bits per heavy atom. The average Bonchev–Trinajstić information content (AvgIpc) is 2.06. The van der Waals surface area contributed by atoms with Crippen molar-refractivity contribution in [2.45, 2.75) is 13.3 Å². The number of hydrogen-bond acceptors (Lipinski definition) is 1. The van der Waals surface area contributed by atoms with Crippen LogP contribution in [0.3, 0.4) is 0 Å². The fourth-order valence-electron chi connectivity index (χ4n) is 0.771. The molecule has 0 fully saturated rings. The van der Waals surface area contributed by atoms with E-state index in [1.807, 2.05) is 37.3 Å². The van der Waals surface area contributed by atoms with Crippen molar-refractivity contribution in [3.05, 3.63) is 30.3 Å². The molecule has 0 saturated carbocycles. The maximum Gasteiger partial charge on any atom is 0.224 e. The van der Waals surface area contributed by atoms with Gasteiger partial charge in [-0.2, -0.15) is 0 Å². The van der Waals surface area contributed by atoms with E-state index >= 15 is 0 Å². The molecule has 1 aromatic rings. The van der Waals surface area contributed by atoms with Crippen LogP contribution >= 0.6 is 0 Å². The molecule has 3 N–H and O–H groups in total. The van der Waals surface area contributed by atoms with Crippen molar-refractivity contribution in [3.63, 3.8) is 0 Å². The van der Waals surface area contributed by atoms with E-state index in [2.05, 4.69) is 5.32 Å².